The molecule has 0 saturated heterocycles. The highest BCUT2D eigenvalue weighted by Gasteiger charge is 2.24. The maximum absolute atomic E-state index is 12.7. The Balaban J connectivity index is 1.61. The fourth-order valence-electron chi connectivity index (χ4n) is 3.02. The highest BCUT2D eigenvalue weighted by Crippen LogP contribution is 2.16. The standard InChI is InChI=1S/C26H28N2O4/c1-19(27)25(29)28-24(26(30)32-18-22-10-6-3-7-11-22)16-20-12-14-23(15-13-20)31-17-21-8-4-2-5-9-21/h2-15,19,24H,16-18,27H2,1H3,(H,28,29)/t19-,24-/m0/s1. The number of hydrogen-bond acceptors (Lipinski definition) is 5. The van der Waals surface area contributed by atoms with Gasteiger partial charge in [0.2, 0.25) is 5.91 Å². The Kier molecular flexibility index (Phi) is 8.40. The summed E-state index contributed by atoms with van der Waals surface area (Å²) < 4.78 is 11.2. The summed E-state index contributed by atoms with van der Waals surface area (Å²) in [6, 6.07) is 25.2. The number of benzene rings is 3. The van der Waals surface area contributed by atoms with Crippen molar-refractivity contribution in [3.8, 4) is 5.75 Å². The van der Waals surface area contributed by atoms with Gasteiger partial charge in [-0.2, -0.15) is 0 Å². The van der Waals surface area contributed by atoms with Crippen molar-refractivity contribution in [2.75, 3.05) is 0 Å². The lowest BCUT2D eigenvalue weighted by Crippen LogP contribution is -2.48. The normalized spacial score (nSPS) is 12.4. The maximum Gasteiger partial charge on any atom is 0.329 e. The Labute approximate surface area is 188 Å². The zero-order chi connectivity index (χ0) is 22.8. The number of nitrogens with one attached hydrogen (secondary N) is 1. The number of carbonyl (C=O) groups is 2. The van der Waals surface area contributed by atoms with Crippen LogP contribution >= 0.6 is 0 Å². The largest absolute Gasteiger partial charge is 0.489 e. The van der Waals surface area contributed by atoms with Crippen LogP contribution in [0, 0.1) is 0 Å². The Hall–Kier alpha value is -3.64. The van der Waals surface area contributed by atoms with Gasteiger partial charge in [0.1, 0.15) is 25.0 Å². The fourth-order valence-corrected chi connectivity index (χ4v) is 3.02. The molecule has 0 fully saturated rings. The van der Waals surface area contributed by atoms with Crippen LogP contribution in [0.5, 0.6) is 5.75 Å². The lowest BCUT2D eigenvalue weighted by atomic mass is 10.1. The molecular formula is C26H28N2O4. The third kappa shape index (κ3) is 7.25. The maximum atomic E-state index is 12.7. The van der Waals surface area contributed by atoms with E-state index in [-0.39, 0.29) is 13.0 Å². The highest BCUT2D eigenvalue weighted by molar-refractivity contribution is 5.87. The van der Waals surface area contributed by atoms with E-state index in [0.29, 0.717) is 6.61 Å². The van der Waals surface area contributed by atoms with Gasteiger partial charge in [-0.25, -0.2) is 4.79 Å². The van der Waals surface area contributed by atoms with Crippen LogP contribution in [0.25, 0.3) is 0 Å². The molecule has 0 aromatic heterocycles. The minimum atomic E-state index is -0.840. The van der Waals surface area contributed by atoms with E-state index in [9.17, 15) is 9.59 Å². The van der Waals surface area contributed by atoms with Crippen LogP contribution < -0.4 is 15.8 Å². The van der Waals surface area contributed by atoms with Gasteiger partial charge in [0, 0.05) is 6.42 Å². The van der Waals surface area contributed by atoms with Gasteiger partial charge in [-0.3, -0.25) is 4.79 Å². The molecule has 3 N–H and O–H groups in total. The summed E-state index contributed by atoms with van der Waals surface area (Å²) >= 11 is 0. The summed E-state index contributed by atoms with van der Waals surface area (Å²) in [4.78, 5) is 24.8. The third-order valence-electron chi connectivity index (χ3n) is 4.85. The van der Waals surface area contributed by atoms with Gasteiger partial charge in [0.25, 0.3) is 0 Å². The average molecular weight is 433 g/mol. The van der Waals surface area contributed by atoms with Crippen molar-refractivity contribution in [3.63, 3.8) is 0 Å². The summed E-state index contributed by atoms with van der Waals surface area (Å²) in [7, 11) is 0. The summed E-state index contributed by atoms with van der Waals surface area (Å²) in [6.07, 6.45) is 0.283. The van der Waals surface area contributed by atoms with Crippen molar-refractivity contribution in [3.05, 3.63) is 102 Å². The van der Waals surface area contributed by atoms with Gasteiger partial charge in [0.15, 0.2) is 0 Å². The molecule has 0 radical (unpaired) electrons. The van der Waals surface area contributed by atoms with Crippen LogP contribution in [0.4, 0.5) is 0 Å². The van der Waals surface area contributed by atoms with E-state index in [2.05, 4.69) is 5.32 Å². The van der Waals surface area contributed by atoms with Gasteiger partial charge >= 0.3 is 5.97 Å². The minimum Gasteiger partial charge on any atom is -0.489 e. The van der Waals surface area contributed by atoms with Crippen LogP contribution in [-0.4, -0.2) is 24.0 Å². The second-order valence-corrected chi connectivity index (χ2v) is 7.57. The second-order valence-electron chi connectivity index (χ2n) is 7.57. The van der Waals surface area contributed by atoms with Crippen molar-refractivity contribution in [1.82, 2.24) is 5.32 Å². The molecule has 0 heterocycles. The first-order chi connectivity index (χ1) is 15.5. The van der Waals surface area contributed by atoms with Crippen molar-refractivity contribution >= 4 is 11.9 Å². The van der Waals surface area contributed by atoms with Crippen LogP contribution in [-0.2, 0) is 34.0 Å². The highest BCUT2D eigenvalue weighted by atomic mass is 16.5. The van der Waals surface area contributed by atoms with Crippen LogP contribution in [0.15, 0.2) is 84.9 Å². The molecule has 3 aromatic rings. The van der Waals surface area contributed by atoms with Crippen LogP contribution in [0.1, 0.15) is 23.6 Å². The minimum absolute atomic E-state index is 0.135. The Morgan fingerprint density at radius 3 is 1.94 bits per heavy atom. The van der Waals surface area contributed by atoms with E-state index >= 15 is 0 Å². The third-order valence-corrected chi connectivity index (χ3v) is 4.85. The summed E-state index contributed by atoms with van der Waals surface area (Å²) in [5.74, 6) is -0.192. The van der Waals surface area contributed by atoms with Crippen LogP contribution in [0.2, 0.25) is 0 Å². The van der Waals surface area contributed by atoms with Crippen molar-refractivity contribution < 1.29 is 19.1 Å². The quantitative estimate of drug-likeness (QED) is 0.479. The van der Waals surface area contributed by atoms with Gasteiger partial charge in [-0.15, -0.1) is 0 Å². The van der Waals surface area contributed by atoms with Crippen molar-refractivity contribution in [2.24, 2.45) is 5.73 Å². The number of amides is 1. The number of hydrogen-bond donors (Lipinski definition) is 2. The molecular weight excluding hydrogens is 404 g/mol. The molecule has 3 rings (SSSR count). The number of carbonyl (C=O) groups excluding carboxylic acids is 2. The van der Waals surface area contributed by atoms with Gasteiger partial charge in [0.05, 0.1) is 6.04 Å². The van der Waals surface area contributed by atoms with Gasteiger partial charge in [-0.1, -0.05) is 72.8 Å². The topological polar surface area (TPSA) is 90.7 Å². The van der Waals surface area contributed by atoms with Crippen molar-refractivity contribution in [1.29, 1.82) is 0 Å². The van der Waals surface area contributed by atoms with E-state index < -0.39 is 24.0 Å². The summed E-state index contributed by atoms with van der Waals surface area (Å²) in [5.41, 5.74) is 8.48. The van der Waals surface area contributed by atoms with E-state index in [4.69, 9.17) is 15.2 Å². The summed E-state index contributed by atoms with van der Waals surface area (Å²) in [6.45, 7) is 2.18. The molecule has 0 aliphatic carbocycles. The molecule has 1 amide bonds. The molecule has 0 aliphatic heterocycles. The lowest BCUT2D eigenvalue weighted by Gasteiger charge is -2.19. The first-order valence-electron chi connectivity index (χ1n) is 10.5. The molecule has 0 saturated carbocycles. The zero-order valence-corrected chi connectivity index (χ0v) is 18.1. The monoisotopic (exact) mass is 432 g/mol. The molecule has 0 spiro atoms. The smallest absolute Gasteiger partial charge is 0.329 e. The molecule has 2 atom stereocenters. The molecule has 3 aromatic carbocycles. The molecule has 6 nitrogen and oxygen atoms in total. The molecule has 166 valence electrons. The van der Waals surface area contributed by atoms with Crippen LogP contribution in [0.3, 0.4) is 0 Å². The SMILES string of the molecule is C[C@H](N)C(=O)N[C@@H](Cc1ccc(OCc2ccccc2)cc1)C(=O)OCc1ccccc1. The first-order valence-corrected chi connectivity index (χ1v) is 10.5. The van der Waals surface area contributed by atoms with Crippen molar-refractivity contribution in [2.45, 2.75) is 38.6 Å². The number of nitrogens with two attached hydrogens (primary N) is 1. The lowest BCUT2D eigenvalue weighted by molar-refractivity contribution is -0.149. The summed E-state index contributed by atoms with van der Waals surface area (Å²) in [5, 5.41) is 2.69. The van der Waals surface area contributed by atoms with Gasteiger partial charge in [-0.05, 0) is 35.7 Å². The van der Waals surface area contributed by atoms with E-state index in [1.807, 2.05) is 84.9 Å². The fraction of sp³-hybridized carbons (Fsp3) is 0.231. The molecule has 0 bridgehead atoms. The predicted molar refractivity (Wildman–Crippen MR) is 123 cm³/mol. The predicted octanol–water partition coefficient (Wildman–Crippen LogP) is 3.38. The molecule has 6 heteroatoms. The number of esters is 1. The Morgan fingerprint density at radius 2 is 1.38 bits per heavy atom. The van der Waals surface area contributed by atoms with E-state index in [1.165, 1.54) is 0 Å². The van der Waals surface area contributed by atoms with E-state index in [0.717, 1.165) is 22.4 Å². The number of ether oxygens (including phenoxy) is 2. The second kappa shape index (κ2) is 11.7. The van der Waals surface area contributed by atoms with E-state index in [1.54, 1.807) is 6.92 Å². The Morgan fingerprint density at radius 1 is 0.812 bits per heavy atom. The Bertz CT molecular complexity index is 989. The zero-order valence-electron chi connectivity index (χ0n) is 18.1. The molecule has 32 heavy (non-hydrogen) atoms. The molecule has 0 unspecified atom stereocenters. The number of rotatable bonds is 10. The molecule has 0 aliphatic rings. The average Bonchev–Trinajstić information content (AvgIpc) is 2.83. The van der Waals surface area contributed by atoms with Gasteiger partial charge < -0.3 is 20.5 Å². The first kappa shape index (κ1) is 23.0.